The number of hydrogen-bond acceptors (Lipinski definition) is 0. The molecule has 0 aliphatic heterocycles. The largest absolute Gasteiger partial charge is 0 e. The van der Waals surface area contributed by atoms with E-state index in [4.69, 9.17) is 0 Å². The summed E-state index contributed by atoms with van der Waals surface area (Å²) in [7, 11) is 0. The average Bonchev–Trinajstić information content (AvgIpc) is 0. The molecule has 0 fully saturated rings. The molecule has 0 N–H and O–H groups in total. The average molecular weight is 179 g/mol. The predicted molar refractivity (Wildman–Crippen MR) is 14.7 cm³/mol. The third kappa shape index (κ3) is 52.3. The Hall–Kier alpha value is 1.43. The van der Waals surface area contributed by atoms with Crippen molar-refractivity contribution in [3.05, 3.63) is 0 Å². The number of hydrogen-bond donors (Lipinski definition) is 0. The second kappa shape index (κ2) is 93.0. The molecule has 0 unspecified atom stereocenters. The molecule has 0 saturated carbocycles. The van der Waals surface area contributed by atoms with E-state index < -0.39 is 0 Å². The van der Waals surface area contributed by atoms with Gasteiger partial charge in [0, 0.05) is 34.1 Å². The Bertz CT molecular complexity index is 10.8. The Morgan fingerprint density at radius 2 is 0.667 bits per heavy atom. The van der Waals surface area contributed by atoms with Crippen LogP contribution in [-0.2, 0) is 34.1 Å². The van der Waals surface area contributed by atoms with Gasteiger partial charge in [0.25, 0.3) is 0 Å². The van der Waals surface area contributed by atoms with Crippen LogP contribution in [0.4, 0.5) is 14.1 Å². The van der Waals surface area contributed by atoms with Gasteiger partial charge in [0.15, 0.2) is 0 Å². The Balaban J connectivity index is 0. The Kier molecular flexibility index (Phi) is 2340. The van der Waals surface area contributed by atoms with E-state index in [1.807, 2.05) is 0 Å². The van der Waals surface area contributed by atoms with Crippen molar-refractivity contribution in [3.63, 3.8) is 0 Å². The first-order valence-electron chi connectivity index (χ1n) is 0. The molecule has 6 heavy (non-hydrogen) atoms. The molecule has 0 atom stereocenters. The van der Waals surface area contributed by atoms with Crippen LogP contribution in [0.1, 0.15) is 0 Å². The molecular formula is H4F3FeLiMn. The van der Waals surface area contributed by atoms with Crippen LogP contribution in [0.3, 0.4) is 0 Å². The summed E-state index contributed by atoms with van der Waals surface area (Å²) in [4.78, 5) is 0. The first-order chi connectivity index (χ1) is 0. The van der Waals surface area contributed by atoms with Crippen LogP contribution >= 0.6 is 0 Å². The minimum atomic E-state index is 0. The number of rotatable bonds is 0. The van der Waals surface area contributed by atoms with Gasteiger partial charge in [0.05, 0.1) is 0 Å². The van der Waals surface area contributed by atoms with E-state index in [0.29, 0.717) is 0 Å². The van der Waals surface area contributed by atoms with Gasteiger partial charge in [-0.1, -0.05) is 0 Å². The zero-order valence-electron chi connectivity index (χ0n) is 1.96. The second-order valence-corrected chi connectivity index (χ2v) is 0. The molecule has 0 rings (SSSR count). The van der Waals surface area contributed by atoms with E-state index >= 15 is 0 Å². The summed E-state index contributed by atoms with van der Waals surface area (Å²) in [6, 6.07) is 0. The summed E-state index contributed by atoms with van der Waals surface area (Å²) in [6.07, 6.45) is 0. The van der Waals surface area contributed by atoms with E-state index in [-0.39, 0.29) is 67.1 Å². The summed E-state index contributed by atoms with van der Waals surface area (Å²) in [6.45, 7) is 0. The maximum Gasteiger partial charge on any atom is 0 e. The smallest absolute Gasteiger partial charge is 0 e. The van der Waals surface area contributed by atoms with Gasteiger partial charge in [-0.15, -0.1) is 0 Å². The van der Waals surface area contributed by atoms with Crippen molar-refractivity contribution in [2.24, 2.45) is 0 Å². The first kappa shape index (κ1) is 151. The van der Waals surface area contributed by atoms with Crippen LogP contribution in [-0.4, -0.2) is 18.9 Å². The Morgan fingerprint density at radius 3 is 0.667 bits per heavy atom. The topological polar surface area (TPSA) is 0 Å². The maximum atomic E-state index is 0. The summed E-state index contributed by atoms with van der Waals surface area (Å²) in [5.41, 5.74) is 0. The van der Waals surface area contributed by atoms with E-state index in [2.05, 4.69) is 0 Å². The minimum Gasteiger partial charge on any atom is 0 e. The van der Waals surface area contributed by atoms with Gasteiger partial charge in [-0.05, 0) is 0 Å². The van der Waals surface area contributed by atoms with Crippen LogP contribution in [0.5, 0.6) is 0 Å². The molecular weight excluding hydrogens is 175 g/mol. The molecule has 0 aromatic heterocycles. The van der Waals surface area contributed by atoms with E-state index in [1.54, 1.807) is 0 Å². The van der Waals surface area contributed by atoms with Gasteiger partial charge in [0.2, 0.25) is 0 Å². The molecule has 41 valence electrons. The third-order valence-electron chi connectivity index (χ3n) is 0. The van der Waals surface area contributed by atoms with Crippen LogP contribution in [0.15, 0.2) is 0 Å². The van der Waals surface area contributed by atoms with Crippen molar-refractivity contribution >= 4 is 18.9 Å². The fraction of sp³-hybridized carbons (Fsp3) is 0. The molecule has 0 saturated heterocycles. The third-order valence-corrected chi connectivity index (χ3v) is 0. The Morgan fingerprint density at radius 1 is 0.667 bits per heavy atom. The fourth-order valence-electron chi connectivity index (χ4n) is 0. The van der Waals surface area contributed by atoms with Gasteiger partial charge in [-0.3, -0.25) is 14.1 Å². The van der Waals surface area contributed by atoms with E-state index in [0.717, 1.165) is 0 Å². The van der Waals surface area contributed by atoms with E-state index in [1.165, 1.54) is 0 Å². The molecule has 6 heteroatoms. The van der Waals surface area contributed by atoms with Crippen molar-refractivity contribution in [2.75, 3.05) is 0 Å². The zero-order chi connectivity index (χ0) is 0. The fourth-order valence-corrected chi connectivity index (χ4v) is 0. The van der Waals surface area contributed by atoms with Crippen molar-refractivity contribution < 1.29 is 48.3 Å². The SMILES string of the molecule is F.F.F.[Fe].[LiH].[Mn]. The first-order valence-corrected chi connectivity index (χ1v) is 0. The predicted octanol–water partition coefficient (Wildman–Crippen LogP) is -0.196. The molecule has 0 nitrogen and oxygen atoms in total. The van der Waals surface area contributed by atoms with Crippen LogP contribution in [0.2, 0.25) is 0 Å². The van der Waals surface area contributed by atoms with Crippen LogP contribution in [0.25, 0.3) is 0 Å². The van der Waals surface area contributed by atoms with Crippen molar-refractivity contribution in [1.82, 2.24) is 0 Å². The molecule has 0 aromatic rings. The van der Waals surface area contributed by atoms with Crippen molar-refractivity contribution in [3.8, 4) is 0 Å². The molecule has 0 amide bonds. The molecule has 1 radical (unpaired) electrons. The van der Waals surface area contributed by atoms with Crippen molar-refractivity contribution in [1.29, 1.82) is 0 Å². The quantitative estimate of drug-likeness (QED) is 0.451. The summed E-state index contributed by atoms with van der Waals surface area (Å²) < 4.78 is 0. The summed E-state index contributed by atoms with van der Waals surface area (Å²) in [5, 5.41) is 0. The molecule has 0 bridgehead atoms. The monoisotopic (exact) mass is 179 g/mol. The van der Waals surface area contributed by atoms with Crippen LogP contribution < -0.4 is 0 Å². The van der Waals surface area contributed by atoms with E-state index in [9.17, 15) is 0 Å². The molecule has 0 aromatic carbocycles. The maximum absolute atomic E-state index is 0. The minimum absolute atomic E-state index is 0. The molecule has 0 aliphatic rings. The summed E-state index contributed by atoms with van der Waals surface area (Å²) >= 11 is 0. The second-order valence-electron chi connectivity index (χ2n) is 0. The van der Waals surface area contributed by atoms with Gasteiger partial charge in [-0.2, -0.15) is 0 Å². The zero-order valence-corrected chi connectivity index (χ0v) is 4.24. The standard InChI is InChI=1S/3FH.Fe.Li.Mn.H/h3*1H;;;;. The molecule has 0 heterocycles. The van der Waals surface area contributed by atoms with Gasteiger partial charge < -0.3 is 0 Å². The number of halogens is 3. The van der Waals surface area contributed by atoms with Gasteiger partial charge in [-0.25, -0.2) is 0 Å². The summed E-state index contributed by atoms with van der Waals surface area (Å²) in [5.74, 6) is 0. The molecule has 0 aliphatic carbocycles. The van der Waals surface area contributed by atoms with Gasteiger partial charge in [0.1, 0.15) is 0 Å². The normalized spacial score (nSPS) is 0. The van der Waals surface area contributed by atoms with Gasteiger partial charge >= 0.3 is 18.9 Å². The van der Waals surface area contributed by atoms with Crippen LogP contribution in [0, 0.1) is 0 Å². The Labute approximate surface area is 67.0 Å². The molecule has 0 spiro atoms. The van der Waals surface area contributed by atoms with Crippen molar-refractivity contribution in [2.45, 2.75) is 0 Å².